The summed E-state index contributed by atoms with van der Waals surface area (Å²) in [6.45, 7) is 3.16. The maximum absolute atomic E-state index is 12.2. The lowest BCUT2D eigenvalue weighted by Crippen LogP contribution is -2.43. The van der Waals surface area contributed by atoms with Crippen molar-refractivity contribution in [2.24, 2.45) is 0 Å². The minimum atomic E-state index is -3.87. The van der Waals surface area contributed by atoms with Crippen molar-refractivity contribution >= 4 is 25.8 Å². The first-order valence-corrected chi connectivity index (χ1v) is 9.77. The van der Waals surface area contributed by atoms with Crippen LogP contribution in [0.5, 0.6) is 0 Å². The zero-order valence-electron chi connectivity index (χ0n) is 12.5. The van der Waals surface area contributed by atoms with Gasteiger partial charge in [-0.25, -0.2) is 21.6 Å². The maximum atomic E-state index is 12.2. The van der Waals surface area contributed by atoms with E-state index < -0.39 is 31.4 Å². The number of sulfone groups is 1. The van der Waals surface area contributed by atoms with Crippen LogP contribution < -0.4 is 4.72 Å². The summed E-state index contributed by atoms with van der Waals surface area (Å²) in [6.07, 6.45) is 0.995. The van der Waals surface area contributed by atoms with Gasteiger partial charge in [0.1, 0.15) is 0 Å². The van der Waals surface area contributed by atoms with Crippen molar-refractivity contribution in [1.82, 2.24) is 4.72 Å². The molecule has 9 heteroatoms. The Morgan fingerprint density at radius 2 is 1.55 bits per heavy atom. The molecule has 0 atom stereocenters. The maximum Gasteiger partial charge on any atom is 0.303 e. The SMILES string of the molecule is CC(C)(CCC(=O)O)NS(=O)(=O)c1ccc(S(C)(=O)=O)cc1. The molecule has 0 aliphatic heterocycles. The number of aliphatic carboxylic acids is 1. The van der Waals surface area contributed by atoms with Crippen LogP contribution in [0.4, 0.5) is 0 Å². The highest BCUT2D eigenvalue weighted by Crippen LogP contribution is 2.19. The fourth-order valence-electron chi connectivity index (χ4n) is 1.76. The molecule has 0 saturated carbocycles. The Morgan fingerprint density at radius 3 is 1.95 bits per heavy atom. The summed E-state index contributed by atoms with van der Waals surface area (Å²) < 4.78 is 49.6. The predicted octanol–water partition coefficient (Wildman–Crippen LogP) is 1.01. The Kier molecular flexibility index (Phi) is 5.37. The van der Waals surface area contributed by atoms with E-state index in [1.165, 1.54) is 24.3 Å². The van der Waals surface area contributed by atoms with Gasteiger partial charge in [-0.2, -0.15) is 0 Å². The second-order valence-corrected chi connectivity index (χ2v) is 9.32. The van der Waals surface area contributed by atoms with E-state index >= 15 is 0 Å². The third-order valence-electron chi connectivity index (χ3n) is 2.94. The Hall–Kier alpha value is -1.45. The Labute approximate surface area is 130 Å². The lowest BCUT2D eigenvalue weighted by atomic mass is 10.0. The van der Waals surface area contributed by atoms with Crippen LogP contribution in [-0.4, -0.2) is 39.7 Å². The minimum absolute atomic E-state index is 0.0246. The molecular formula is C13H19NO6S2. The van der Waals surface area contributed by atoms with Crippen molar-refractivity contribution < 1.29 is 26.7 Å². The minimum Gasteiger partial charge on any atom is -0.481 e. The Morgan fingerprint density at radius 1 is 1.09 bits per heavy atom. The zero-order valence-corrected chi connectivity index (χ0v) is 14.2. The molecule has 2 N–H and O–H groups in total. The highest BCUT2D eigenvalue weighted by Gasteiger charge is 2.27. The van der Waals surface area contributed by atoms with Crippen LogP contribution in [0.15, 0.2) is 34.1 Å². The van der Waals surface area contributed by atoms with Crippen molar-refractivity contribution in [2.75, 3.05) is 6.26 Å². The molecular weight excluding hydrogens is 330 g/mol. The van der Waals surface area contributed by atoms with Gasteiger partial charge < -0.3 is 5.11 Å². The van der Waals surface area contributed by atoms with Crippen LogP contribution in [0, 0.1) is 0 Å². The molecule has 0 amide bonds. The van der Waals surface area contributed by atoms with Crippen LogP contribution in [0.25, 0.3) is 0 Å². The number of rotatable bonds is 7. The highest BCUT2D eigenvalue weighted by atomic mass is 32.2. The van der Waals surface area contributed by atoms with E-state index in [0.717, 1.165) is 6.26 Å². The second kappa shape index (κ2) is 6.35. The topological polar surface area (TPSA) is 118 Å². The number of carboxylic acid groups (broad SMARTS) is 1. The third-order valence-corrected chi connectivity index (χ3v) is 5.78. The summed E-state index contributed by atoms with van der Waals surface area (Å²) in [4.78, 5) is 10.5. The fraction of sp³-hybridized carbons (Fsp3) is 0.462. The van der Waals surface area contributed by atoms with E-state index in [1.54, 1.807) is 13.8 Å². The van der Waals surface area contributed by atoms with E-state index in [0.29, 0.717) is 0 Å². The first-order chi connectivity index (χ1) is 9.83. The number of carbonyl (C=O) groups is 1. The molecule has 0 aliphatic rings. The molecule has 0 heterocycles. The van der Waals surface area contributed by atoms with Crippen LogP contribution >= 0.6 is 0 Å². The van der Waals surface area contributed by atoms with Gasteiger partial charge in [-0.05, 0) is 44.5 Å². The van der Waals surface area contributed by atoms with Crippen molar-refractivity contribution in [1.29, 1.82) is 0 Å². The first-order valence-electron chi connectivity index (χ1n) is 6.39. The number of benzene rings is 1. The van der Waals surface area contributed by atoms with Gasteiger partial charge in [-0.15, -0.1) is 0 Å². The molecule has 0 spiro atoms. The molecule has 0 aliphatic carbocycles. The molecule has 0 bridgehead atoms. The summed E-state index contributed by atoms with van der Waals surface area (Å²) in [5.41, 5.74) is -0.938. The van der Waals surface area contributed by atoms with Crippen LogP contribution in [0.1, 0.15) is 26.7 Å². The van der Waals surface area contributed by atoms with Crippen LogP contribution in [0.3, 0.4) is 0 Å². The van der Waals surface area contributed by atoms with Crippen molar-refractivity contribution in [3.63, 3.8) is 0 Å². The van der Waals surface area contributed by atoms with Crippen molar-refractivity contribution in [3.05, 3.63) is 24.3 Å². The molecule has 1 aromatic carbocycles. The normalized spacial score (nSPS) is 13.0. The molecule has 0 saturated heterocycles. The van der Waals surface area contributed by atoms with E-state index in [9.17, 15) is 21.6 Å². The summed E-state index contributed by atoms with van der Waals surface area (Å²) >= 11 is 0. The van der Waals surface area contributed by atoms with Gasteiger partial charge in [0.05, 0.1) is 9.79 Å². The molecule has 22 heavy (non-hydrogen) atoms. The summed E-state index contributed by atoms with van der Waals surface area (Å²) in [5, 5.41) is 8.66. The lowest BCUT2D eigenvalue weighted by Gasteiger charge is -2.25. The predicted molar refractivity (Wildman–Crippen MR) is 80.8 cm³/mol. The smallest absolute Gasteiger partial charge is 0.303 e. The van der Waals surface area contributed by atoms with Crippen molar-refractivity contribution in [2.45, 2.75) is 42.0 Å². The molecule has 0 unspecified atom stereocenters. The van der Waals surface area contributed by atoms with Gasteiger partial charge in [0.2, 0.25) is 10.0 Å². The van der Waals surface area contributed by atoms with Crippen molar-refractivity contribution in [3.8, 4) is 0 Å². The van der Waals surface area contributed by atoms with Crippen LogP contribution in [-0.2, 0) is 24.7 Å². The third kappa shape index (κ3) is 5.39. The first kappa shape index (κ1) is 18.6. The molecule has 124 valence electrons. The van der Waals surface area contributed by atoms with Gasteiger partial charge in [0.25, 0.3) is 0 Å². The Balaban J connectivity index is 2.97. The summed E-state index contributed by atoms with van der Waals surface area (Å²) in [7, 11) is -7.26. The van der Waals surface area contributed by atoms with Gasteiger partial charge in [0, 0.05) is 18.2 Å². The lowest BCUT2D eigenvalue weighted by molar-refractivity contribution is -0.137. The summed E-state index contributed by atoms with van der Waals surface area (Å²) in [5.74, 6) is -1.01. The largest absolute Gasteiger partial charge is 0.481 e. The van der Waals surface area contributed by atoms with E-state index in [1.807, 2.05) is 0 Å². The Bertz CT molecular complexity index is 748. The average Bonchev–Trinajstić information content (AvgIpc) is 2.34. The highest BCUT2D eigenvalue weighted by molar-refractivity contribution is 7.90. The average molecular weight is 349 g/mol. The van der Waals surface area contributed by atoms with E-state index in [2.05, 4.69) is 4.72 Å². The van der Waals surface area contributed by atoms with Gasteiger partial charge in [0.15, 0.2) is 9.84 Å². The number of hydrogen-bond acceptors (Lipinski definition) is 5. The fourth-order valence-corrected chi connectivity index (χ4v) is 3.83. The monoisotopic (exact) mass is 349 g/mol. The molecule has 1 rings (SSSR count). The van der Waals surface area contributed by atoms with Gasteiger partial charge in [-0.1, -0.05) is 0 Å². The second-order valence-electron chi connectivity index (χ2n) is 5.63. The molecule has 0 aromatic heterocycles. The quantitative estimate of drug-likeness (QED) is 0.758. The van der Waals surface area contributed by atoms with Gasteiger partial charge >= 0.3 is 5.97 Å². The van der Waals surface area contributed by atoms with E-state index in [4.69, 9.17) is 5.11 Å². The molecule has 0 radical (unpaired) electrons. The van der Waals surface area contributed by atoms with Gasteiger partial charge in [-0.3, -0.25) is 4.79 Å². The van der Waals surface area contributed by atoms with Crippen LogP contribution in [0.2, 0.25) is 0 Å². The number of carboxylic acids is 1. The zero-order chi connectivity index (χ0) is 17.2. The number of sulfonamides is 1. The molecule has 1 aromatic rings. The standard InChI is InChI=1S/C13H19NO6S2/c1-13(2,9-8-12(15)16)14-22(19,20)11-6-4-10(5-7-11)21(3,17)18/h4-7,14H,8-9H2,1-3H3,(H,15,16). The molecule has 0 fully saturated rings. The van der Waals surface area contributed by atoms with E-state index in [-0.39, 0.29) is 22.6 Å². The molecule has 7 nitrogen and oxygen atoms in total. The number of nitrogens with one attached hydrogen (secondary N) is 1. The summed E-state index contributed by atoms with van der Waals surface area (Å²) in [6, 6.07) is 4.83. The number of hydrogen-bond donors (Lipinski definition) is 2.